The molecule has 1 saturated carbocycles. The van der Waals surface area contributed by atoms with E-state index in [-0.39, 0.29) is 38.3 Å². The van der Waals surface area contributed by atoms with Crippen molar-refractivity contribution in [2.45, 2.75) is 96.1 Å². The van der Waals surface area contributed by atoms with E-state index in [1.165, 1.54) is 6.92 Å². The van der Waals surface area contributed by atoms with Crippen molar-refractivity contribution in [1.29, 1.82) is 0 Å². The molecule has 0 spiro atoms. The zero-order valence-electron chi connectivity index (χ0n) is 19.8. The molecule has 1 saturated heterocycles. The predicted molar refractivity (Wildman–Crippen MR) is 111 cm³/mol. The molecular weight excluding hydrogens is 457 g/mol. The molecular formula is C22H32O12. The summed E-state index contributed by atoms with van der Waals surface area (Å²) in [4.78, 5) is 58.2. The molecule has 5 atom stereocenters. The van der Waals surface area contributed by atoms with Gasteiger partial charge in [-0.25, -0.2) is 0 Å². The maximum Gasteiger partial charge on any atom is 0.303 e. The maximum atomic E-state index is 11.8. The molecule has 0 amide bonds. The van der Waals surface area contributed by atoms with E-state index in [2.05, 4.69) is 0 Å². The van der Waals surface area contributed by atoms with Gasteiger partial charge in [-0.2, -0.15) is 0 Å². The fourth-order valence-corrected chi connectivity index (χ4v) is 3.93. The Morgan fingerprint density at radius 3 is 1.94 bits per heavy atom. The van der Waals surface area contributed by atoms with Gasteiger partial charge < -0.3 is 33.5 Å². The molecule has 2 aliphatic rings. The molecule has 0 bridgehead atoms. The van der Waals surface area contributed by atoms with E-state index >= 15 is 0 Å². The van der Waals surface area contributed by atoms with Crippen molar-refractivity contribution in [3.8, 4) is 0 Å². The van der Waals surface area contributed by atoms with Crippen molar-refractivity contribution < 1.29 is 57.5 Å². The van der Waals surface area contributed by atoms with Crippen molar-refractivity contribution in [2.75, 3.05) is 13.2 Å². The van der Waals surface area contributed by atoms with Gasteiger partial charge in [0, 0.05) is 40.5 Å². The minimum atomic E-state index is -1.32. The van der Waals surface area contributed by atoms with Gasteiger partial charge in [0.1, 0.15) is 18.5 Å². The van der Waals surface area contributed by atoms with Crippen LogP contribution in [0.4, 0.5) is 0 Å². The second-order valence-corrected chi connectivity index (χ2v) is 8.45. The number of Topliss-reactive ketones (excluding diaryl/α,β-unsaturated/α-hetero) is 1. The summed E-state index contributed by atoms with van der Waals surface area (Å²) >= 11 is 0. The van der Waals surface area contributed by atoms with E-state index in [0.29, 0.717) is 12.8 Å². The Morgan fingerprint density at radius 2 is 1.41 bits per heavy atom. The molecule has 0 radical (unpaired) electrons. The van der Waals surface area contributed by atoms with E-state index in [0.717, 1.165) is 20.8 Å². The van der Waals surface area contributed by atoms with Crippen LogP contribution in [0, 0.1) is 0 Å². The Bertz CT molecular complexity index is 768. The second-order valence-electron chi connectivity index (χ2n) is 8.45. The van der Waals surface area contributed by atoms with Crippen LogP contribution >= 0.6 is 0 Å². The van der Waals surface area contributed by atoms with Crippen LogP contribution in [0.1, 0.15) is 59.8 Å². The van der Waals surface area contributed by atoms with Gasteiger partial charge in [0.2, 0.25) is 0 Å². The number of esters is 4. The monoisotopic (exact) mass is 489 g/mol. The molecule has 0 unspecified atom stereocenters. The van der Waals surface area contributed by atoms with E-state index < -0.39 is 60.2 Å². The predicted octanol–water partition coefficient (Wildman–Crippen LogP) is 0.350. The summed E-state index contributed by atoms with van der Waals surface area (Å²) in [6, 6.07) is 0. The van der Waals surface area contributed by atoms with Crippen LogP contribution in [-0.4, -0.2) is 84.3 Å². The summed E-state index contributed by atoms with van der Waals surface area (Å²) in [6.45, 7) is 4.17. The molecule has 0 aromatic rings. The molecule has 12 heteroatoms. The number of rotatable bonds is 9. The average molecular weight is 489 g/mol. The Morgan fingerprint density at radius 1 is 0.882 bits per heavy atom. The van der Waals surface area contributed by atoms with Gasteiger partial charge in [-0.3, -0.25) is 24.0 Å². The summed E-state index contributed by atoms with van der Waals surface area (Å²) in [5.74, 6) is -2.74. The first-order chi connectivity index (χ1) is 15.9. The van der Waals surface area contributed by atoms with Crippen molar-refractivity contribution in [2.24, 2.45) is 0 Å². The van der Waals surface area contributed by atoms with Crippen LogP contribution in [0.15, 0.2) is 0 Å². The topological polar surface area (TPSA) is 161 Å². The Hall–Kier alpha value is -2.57. The molecule has 0 aromatic carbocycles. The highest BCUT2D eigenvalue weighted by Crippen LogP contribution is 2.32. The van der Waals surface area contributed by atoms with Crippen LogP contribution < -0.4 is 0 Å². The summed E-state index contributed by atoms with van der Waals surface area (Å²) in [7, 11) is 0. The number of ether oxygens (including phenoxy) is 6. The first kappa shape index (κ1) is 27.7. The molecule has 0 aromatic heterocycles. The lowest BCUT2D eigenvalue weighted by atomic mass is 9.88. The molecule has 1 aliphatic carbocycles. The van der Waals surface area contributed by atoms with Crippen LogP contribution in [0.2, 0.25) is 0 Å². The lowest BCUT2D eigenvalue weighted by molar-refractivity contribution is -0.309. The SMILES string of the molecule is CC(=O)OC[C@H]1O[C@@H](OC[13CH2]C2(O)CCC(=O)CC2)[C@H](OC(C)=O)[C@@H](OC(C)=O)[C@@H]1OC(C)=O. The normalized spacial score (nSPS) is 28.5. The van der Waals surface area contributed by atoms with E-state index in [4.69, 9.17) is 28.4 Å². The Balaban J connectivity index is 2.24. The Kier molecular flexibility index (Phi) is 9.95. The first-order valence-corrected chi connectivity index (χ1v) is 11.1. The quantitative estimate of drug-likeness (QED) is 0.269. The minimum absolute atomic E-state index is 0.0432. The summed E-state index contributed by atoms with van der Waals surface area (Å²) in [5.41, 5.74) is -1.09. The maximum absolute atomic E-state index is 11.8. The fraction of sp³-hybridized carbons (Fsp3) is 0.773. The highest BCUT2D eigenvalue weighted by atomic mass is 16.7. The van der Waals surface area contributed by atoms with E-state index in [9.17, 15) is 29.1 Å². The fourth-order valence-electron chi connectivity index (χ4n) is 3.93. The molecule has 192 valence electrons. The minimum Gasteiger partial charge on any atom is -0.463 e. The number of hydrogen-bond acceptors (Lipinski definition) is 12. The average Bonchev–Trinajstić information content (AvgIpc) is 2.72. The molecule has 2 fully saturated rings. The van der Waals surface area contributed by atoms with Crippen molar-refractivity contribution in [1.82, 2.24) is 0 Å². The molecule has 1 heterocycles. The van der Waals surface area contributed by atoms with Crippen molar-refractivity contribution in [3.63, 3.8) is 0 Å². The van der Waals surface area contributed by atoms with Gasteiger partial charge in [0.05, 0.1) is 12.2 Å². The first-order valence-electron chi connectivity index (χ1n) is 11.1. The van der Waals surface area contributed by atoms with Crippen molar-refractivity contribution in [3.05, 3.63) is 0 Å². The largest absolute Gasteiger partial charge is 0.463 e. The van der Waals surface area contributed by atoms with Crippen molar-refractivity contribution >= 4 is 29.7 Å². The van der Waals surface area contributed by atoms with Crippen LogP contribution in [0.3, 0.4) is 0 Å². The third kappa shape index (κ3) is 8.33. The number of ketones is 1. The number of carbonyl (C=O) groups is 5. The number of carbonyl (C=O) groups excluding carboxylic acids is 5. The van der Waals surface area contributed by atoms with Gasteiger partial charge in [-0.05, 0) is 19.3 Å². The highest BCUT2D eigenvalue weighted by molar-refractivity contribution is 5.79. The third-order valence-electron chi connectivity index (χ3n) is 5.54. The lowest BCUT2D eigenvalue weighted by Crippen LogP contribution is -2.63. The van der Waals surface area contributed by atoms with E-state index in [1.807, 2.05) is 0 Å². The van der Waals surface area contributed by atoms with Gasteiger partial charge in [-0.1, -0.05) is 0 Å². The van der Waals surface area contributed by atoms with E-state index in [1.54, 1.807) is 0 Å². The summed E-state index contributed by atoms with van der Waals surface area (Å²) in [6.07, 6.45) is -4.99. The molecule has 34 heavy (non-hydrogen) atoms. The third-order valence-corrected chi connectivity index (χ3v) is 5.54. The second kappa shape index (κ2) is 12.2. The van der Waals surface area contributed by atoms with Gasteiger partial charge in [0.15, 0.2) is 24.6 Å². The standard InChI is InChI=1S/C22H32O12/c1-12(23)30-11-17-18(31-13(2)24)19(32-14(3)25)20(33-15(4)26)21(34-17)29-10-9-22(28)7-5-16(27)6-8-22/h17-21,28H,5-11H2,1-4H3/t17-,18-,19+,20-,21-/m1/s1/i9+1. The van der Waals surface area contributed by atoms with Crippen LogP contribution in [0.25, 0.3) is 0 Å². The van der Waals surface area contributed by atoms with Gasteiger partial charge in [-0.15, -0.1) is 0 Å². The van der Waals surface area contributed by atoms with Crippen LogP contribution in [-0.2, 0) is 52.4 Å². The molecule has 1 aliphatic heterocycles. The summed E-state index contributed by atoms with van der Waals surface area (Å²) < 4.78 is 32.5. The molecule has 1 N–H and O–H groups in total. The molecule has 12 nitrogen and oxygen atoms in total. The lowest BCUT2D eigenvalue weighted by Gasteiger charge is -2.44. The Labute approximate surface area is 197 Å². The highest BCUT2D eigenvalue weighted by Gasteiger charge is 2.52. The number of aliphatic hydroxyl groups is 1. The van der Waals surface area contributed by atoms with Gasteiger partial charge in [0.25, 0.3) is 0 Å². The zero-order valence-corrected chi connectivity index (χ0v) is 19.8. The number of hydrogen-bond donors (Lipinski definition) is 1. The zero-order chi connectivity index (χ0) is 25.5. The summed E-state index contributed by atoms with van der Waals surface area (Å²) in [5, 5.41) is 10.7. The smallest absolute Gasteiger partial charge is 0.303 e. The van der Waals surface area contributed by atoms with Crippen LogP contribution in [0.5, 0.6) is 0 Å². The van der Waals surface area contributed by atoms with Gasteiger partial charge >= 0.3 is 23.9 Å². The molecule has 2 rings (SSSR count).